The van der Waals surface area contributed by atoms with Crippen LogP contribution in [0.2, 0.25) is 0 Å². The lowest BCUT2D eigenvalue weighted by atomic mass is 10.0. The van der Waals surface area contributed by atoms with E-state index in [9.17, 15) is 0 Å². The minimum Gasteiger partial charge on any atom is -0.298 e. The first-order valence-electron chi connectivity index (χ1n) is 6.04. The molecule has 2 aliphatic heterocycles. The number of likely N-dealkylation sites (tertiary alicyclic amines) is 2. The number of piperidine rings is 1. The fourth-order valence-corrected chi connectivity index (χ4v) is 3.00. The molecule has 2 aliphatic rings. The summed E-state index contributed by atoms with van der Waals surface area (Å²) in [6, 6.07) is 1.55. The monoisotopic (exact) mass is 229 g/mol. The number of hydrogen-bond donors (Lipinski definition) is 1. The highest BCUT2D eigenvalue weighted by Crippen LogP contribution is 2.24. The normalized spacial score (nSPS) is 27.2. The van der Waals surface area contributed by atoms with Gasteiger partial charge in [0.25, 0.3) is 0 Å². The highest BCUT2D eigenvalue weighted by atomic mass is 32.2. The average Bonchev–Trinajstić information content (AvgIpc) is 2.16. The van der Waals surface area contributed by atoms with Crippen LogP contribution in [-0.4, -0.2) is 53.3 Å². The Labute approximate surface area is 97.5 Å². The van der Waals surface area contributed by atoms with Crippen molar-refractivity contribution in [2.24, 2.45) is 5.14 Å². The van der Waals surface area contributed by atoms with Crippen molar-refractivity contribution < 1.29 is 0 Å². The fourth-order valence-electron chi connectivity index (χ4n) is 2.52. The zero-order valence-electron chi connectivity index (χ0n) is 9.85. The largest absolute Gasteiger partial charge is 0.298 e. The van der Waals surface area contributed by atoms with E-state index in [1.807, 2.05) is 0 Å². The van der Waals surface area contributed by atoms with Gasteiger partial charge in [-0.05, 0) is 39.8 Å². The van der Waals surface area contributed by atoms with Crippen molar-refractivity contribution in [2.75, 3.05) is 26.2 Å². The minimum absolute atomic E-state index is 0.711. The van der Waals surface area contributed by atoms with E-state index in [1.54, 1.807) is 11.9 Å². The van der Waals surface area contributed by atoms with Gasteiger partial charge < -0.3 is 0 Å². The van der Waals surface area contributed by atoms with Crippen molar-refractivity contribution in [1.29, 1.82) is 0 Å². The molecule has 2 rings (SSSR count). The summed E-state index contributed by atoms with van der Waals surface area (Å²) in [5.74, 6) is 0. The maximum absolute atomic E-state index is 5.62. The first kappa shape index (κ1) is 11.7. The van der Waals surface area contributed by atoms with E-state index in [1.165, 1.54) is 39.0 Å². The Kier molecular flexibility index (Phi) is 3.93. The highest BCUT2D eigenvalue weighted by molar-refractivity contribution is 7.97. The number of nitrogens with zero attached hydrogens (tertiary/aromatic N) is 2. The molecule has 0 saturated carbocycles. The Hall–Kier alpha value is 0.230. The van der Waals surface area contributed by atoms with Gasteiger partial charge in [-0.3, -0.25) is 14.9 Å². The Morgan fingerprint density at radius 2 is 1.80 bits per heavy atom. The molecule has 0 radical (unpaired) electrons. The van der Waals surface area contributed by atoms with Crippen LogP contribution in [0.5, 0.6) is 0 Å². The van der Waals surface area contributed by atoms with Crippen LogP contribution < -0.4 is 5.14 Å². The summed E-state index contributed by atoms with van der Waals surface area (Å²) in [5.41, 5.74) is 0. The Balaban J connectivity index is 1.70. The smallest absolute Gasteiger partial charge is 0.0350 e. The van der Waals surface area contributed by atoms with Crippen LogP contribution in [0, 0.1) is 0 Å². The lowest BCUT2D eigenvalue weighted by Crippen LogP contribution is -2.62. The van der Waals surface area contributed by atoms with Crippen LogP contribution in [-0.2, 0) is 0 Å². The predicted octanol–water partition coefficient (Wildman–Crippen LogP) is 1.15. The summed E-state index contributed by atoms with van der Waals surface area (Å²) in [6.07, 6.45) is 2.55. The molecule has 0 bridgehead atoms. The van der Waals surface area contributed by atoms with Gasteiger partial charge >= 0.3 is 0 Å². The zero-order chi connectivity index (χ0) is 10.8. The molecule has 3 nitrogen and oxygen atoms in total. The van der Waals surface area contributed by atoms with Crippen LogP contribution in [0.25, 0.3) is 0 Å². The van der Waals surface area contributed by atoms with Crippen LogP contribution in [0.3, 0.4) is 0 Å². The predicted molar refractivity (Wildman–Crippen MR) is 66.9 cm³/mol. The van der Waals surface area contributed by atoms with Gasteiger partial charge in [0, 0.05) is 30.4 Å². The van der Waals surface area contributed by atoms with Crippen molar-refractivity contribution in [1.82, 2.24) is 9.80 Å². The van der Waals surface area contributed by atoms with E-state index in [4.69, 9.17) is 5.14 Å². The molecule has 4 heteroatoms. The van der Waals surface area contributed by atoms with Crippen LogP contribution in [0.4, 0.5) is 0 Å². The molecule has 0 spiro atoms. The molecule has 0 aromatic carbocycles. The van der Waals surface area contributed by atoms with Gasteiger partial charge in [-0.25, -0.2) is 0 Å². The minimum atomic E-state index is 0.711. The average molecular weight is 229 g/mol. The molecular weight excluding hydrogens is 206 g/mol. The van der Waals surface area contributed by atoms with Crippen molar-refractivity contribution in [3.05, 3.63) is 0 Å². The molecule has 0 aromatic heterocycles. The molecule has 2 fully saturated rings. The molecule has 2 N–H and O–H groups in total. The molecular formula is C11H23N3S. The maximum Gasteiger partial charge on any atom is 0.0350 e. The molecule has 88 valence electrons. The molecule has 0 atom stereocenters. The number of hydrogen-bond acceptors (Lipinski definition) is 4. The molecule has 2 heterocycles. The molecule has 0 aliphatic carbocycles. The van der Waals surface area contributed by atoms with Gasteiger partial charge in [-0.15, -0.1) is 0 Å². The van der Waals surface area contributed by atoms with E-state index >= 15 is 0 Å². The van der Waals surface area contributed by atoms with Crippen molar-refractivity contribution >= 4 is 11.9 Å². The lowest BCUT2D eigenvalue weighted by molar-refractivity contribution is 0.00610. The number of nitrogens with two attached hydrogens (primary N) is 1. The lowest BCUT2D eigenvalue weighted by Gasteiger charge is -2.49. The van der Waals surface area contributed by atoms with E-state index in [2.05, 4.69) is 23.6 Å². The first-order valence-corrected chi connectivity index (χ1v) is 6.98. The Morgan fingerprint density at radius 3 is 2.27 bits per heavy atom. The quantitative estimate of drug-likeness (QED) is 0.736. The van der Waals surface area contributed by atoms with Gasteiger partial charge in [0.1, 0.15) is 0 Å². The maximum atomic E-state index is 5.62. The van der Waals surface area contributed by atoms with Crippen LogP contribution in [0.15, 0.2) is 0 Å². The van der Waals surface area contributed by atoms with E-state index in [0.29, 0.717) is 5.25 Å². The SMILES string of the molecule is CC(C)N1CC(N2CCC(SN)CC2)C1. The number of rotatable bonds is 3. The van der Waals surface area contributed by atoms with Crippen LogP contribution in [0.1, 0.15) is 26.7 Å². The van der Waals surface area contributed by atoms with E-state index < -0.39 is 0 Å². The topological polar surface area (TPSA) is 32.5 Å². The summed E-state index contributed by atoms with van der Waals surface area (Å²) in [7, 11) is 0. The Morgan fingerprint density at radius 1 is 1.20 bits per heavy atom. The van der Waals surface area contributed by atoms with Gasteiger partial charge in [-0.1, -0.05) is 11.9 Å². The zero-order valence-corrected chi connectivity index (χ0v) is 10.7. The second kappa shape index (κ2) is 5.04. The fraction of sp³-hybridized carbons (Fsp3) is 1.00. The third-order valence-corrected chi connectivity index (χ3v) is 4.66. The van der Waals surface area contributed by atoms with E-state index in [0.717, 1.165) is 12.1 Å². The first-order chi connectivity index (χ1) is 7.20. The van der Waals surface area contributed by atoms with Crippen molar-refractivity contribution in [3.63, 3.8) is 0 Å². The third kappa shape index (κ3) is 2.67. The van der Waals surface area contributed by atoms with Crippen molar-refractivity contribution in [3.8, 4) is 0 Å². The summed E-state index contributed by atoms with van der Waals surface area (Å²) in [6.45, 7) is 9.63. The second-order valence-electron chi connectivity index (χ2n) is 5.07. The van der Waals surface area contributed by atoms with E-state index in [-0.39, 0.29) is 0 Å². The highest BCUT2D eigenvalue weighted by Gasteiger charge is 2.34. The molecule has 0 unspecified atom stereocenters. The molecule has 0 aromatic rings. The van der Waals surface area contributed by atoms with Gasteiger partial charge in [0.2, 0.25) is 0 Å². The van der Waals surface area contributed by atoms with Gasteiger partial charge in [0.15, 0.2) is 0 Å². The molecule has 15 heavy (non-hydrogen) atoms. The van der Waals surface area contributed by atoms with Crippen LogP contribution >= 0.6 is 11.9 Å². The summed E-state index contributed by atoms with van der Waals surface area (Å²) >= 11 is 1.55. The summed E-state index contributed by atoms with van der Waals surface area (Å²) in [4.78, 5) is 5.21. The molecule has 0 amide bonds. The van der Waals surface area contributed by atoms with Gasteiger partial charge in [0.05, 0.1) is 0 Å². The summed E-state index contributed by atoms with van der Waals surface area (Å²) in [5, 5.41) is 6.33. The third-order valence-electron chi connectivity index (χ3n) is 3.81. The molecule has 2 saturated heterocycles. The van der Waals surface area contributed by atoms with Crippen molar-refractivity contribution in [2.45, 2.75) is 44.0 Å². The second-order valence-corrected chi connectivity index (χ2v) is 6.01. The van der Waals surface area contributed by atoms with Gasteiger partial charge in [-0.2, -0.15) is 0 Å². The Bertz CT molecular complexity index is 196. The summed E-state index contributed by atoms with van der Waals surface area (Å²) < 4.78 is 0. The standard InChI is InChI=1S/C11H23N3S/c1-9(2)14-7-10(8-14)13-5-3-11(15-12)4-6-13/h9-11H,3-8,12H2,1-2H3.